The van der Waals surface area contributed by atoms with Gasteiger partial charge in [0.15, 0.2) is 5.82 Å². The molecule has 2 rings (SSSR count). The molecule has 2 aromatic rings. The van der Waals surface area contributed by atoms with Crippen LogP contribution < -0.4 is 5.73 Å². The molecule has 0 aliphatic rings. The van der Waals surface area contributed by atoms with Crippen molar-refractivity contribution in [2.45, 2.75) is 32.2 Å². The minimum atomic E-state index is -0.422. The molecule has 3 N–H and O–H groups in total. The monoisotopic (exact) mass is 248 g/mol. The van der Waals surface area contributed by atoms with Gasteiger partial charge in [0, 0.05) is 5.41 Å². The van der Waals surface area contributed by atoms with Gasteiger partial charge in [-0.1, -0.05) is 32.9 Å². The first-order valence-electron chi connectivity index (χ1n) is 5.82. The van der Waals surface area contributed by atoms with E-state index in [1.807, 2.05) is 20.8 Å². The second-order valence-electron chi connectivity index (χ2n) is 5.32. The van der Waals surface area contributed by atoms with Crippen molar-refractivity contribution in [3.63, 3.8) is 0 Å². The van der Waals surface area contributed by atoms with E-state index in [1.54, 1.807) is 12.1 Å². The zero-order valence-corrected chi connectivity index (χ0v) is 10.7. The highest BCUT2D eigenvalue weighted by Gasteiger charge is 2.21. The van der Waals surface area contributed by atoms with Crippen molar-refractivity contribution in [2.24, 2.45) is 5.73 Å². The van der Waals surface area contributed by atoms with Crippen LogP contribution in [-0.2, 0) is 5.41 Å². The predicted molar refractivity (Wildman–Crippen MR) is 67.5 cm³/mol. The highest BCUT2D eigenvalue weighted by molar-refractivity contribution is 5.24. The average molecular weight is 248 g/mol. The Morgan fingerprint density at radius 2 is 1.83 bits per heavy atom. The van der Waals surface area contributed by atoms with Crippen LogP contribution in [0.2, 0.25) is 0 Å². The van der Waals surface area contributed by atoms with Gasteiger partial charge in [-0.15, -0.1) is 0 Å². The van der Waals surface area contributed by atoms with Gasteiger partial charge in [-0.2, -0.15) is 5.10 Å². The fourth-order valence-electron chi connectivity index (χ4n) is 1.58. The van der Waals surface area contributed by atoms with E-state index in [1.165, 1.54) is 12.1 Å². The summed E-state index contributed by atoms with van der Waals surface area (Å²) in [6.45, 7) is 6.09. The first-order valence-corrected chi connectivity index (χ1v) is 5.82. The number of rotatable bonds is 2. The van der Waals surface area contributed by atoms with Gasteiger partial charge in [-0.3, -0.25) is 5.10 Å². The predicted octanol–water partition coefficient (Wildman–Crippen LogP) is 2.29. The molecule has 1 atom stereocenters. The maximum atomic E-state index is 12.8. The molecule has 0 amide bonds. The zero-order valence-electron chi connectivity index (χ0n) is 10.7. The molecule has 1 aromatic carbocycles. The summed E-state index contributed by atoms with van der Waals surface area (Å²) in [5.41, 5.74) is 6.74. The Morgan fingerprint density at radius 3 is 2.33 bits per heavy atom. The number of benzene rings is 1. The van der Waals surface area contributed by atoms with Gasteiger partial charge in [0.1, 0.15) is 11.6 Å². The van der Waals surface area contributed by atoms with E-state index in [2.05, 4.69) is 15.2 Å². The Balaban J connectivity index is 2.26. The summed E-state index contributed by atoms with van der Waals surface area (Å²) in [6, 6.07) is 5.65. The maximum absolute atomic E-state index is 12.8. The number of nitrogens with zero attached hydrogens (tertiary/aromatic N) is 2. The molecule has 0 aliphatic heterocycles. The van der Waals surface area contributed by atoms with Gasteiger partial charge in [-0.05, 0) is 17.7 Å². The smallest absolute Gasteiger partial charge is 0.156 e. The van der Waals surface area contributed by atoms with Crippen molar-refractivity contribution in [3.05, 3.63) is 47.3 Å². The number of nitrogens with two attached hydrogens (primary N) is 1. The summed E-state index contributed by atoms with van der Waals surface area (Å²) in [7, 11) is 0. The third-order valence-electron chi connectivity index (χ3n) is 2.70. The normalized spacial score (nSPS) is 13.6. The number of halogens is 1. The Bertz CT molecular complexity index is 525. The lowest BCUT2D eigenvalue weighted by Crippen LogP contribution is -2.16. The molecule has 0 unspecified atom stereocenters. The summed E-state index contributed by atoms with van der Waals surface area (Å²) in [5.74, 6) is 1.03. The third-order valence-corrected chi connectivity index (χ3v) is 2.70. The fourth-order valence-corrected chi connectivity index (χ4v) is 1.58. The fraction of sp³-hybridized carbons (Fsp3) is 0.385. The van der Waals surface area contributed by atoms with E-state index in [0.717, 1.165) is 11.4 Å². The third kappa shape index (κ3) is 2.56. The van der Waals surface area contributed by atoms with Crippen molar-refractivity contribution in [1.29, 1.82) is 0 Å². The van der Waals surface area contributed by atoms with Crippen LogP contribution >= 0.6 is 0 Å². The lowest BCUT2D eigenvalue weighted by Gasteiger charge is -2.12. The molecular formula is C13H17FN4. The Labute approximate surface area is 105 Å². The topological polar surface area (TPSA) is 67.6 Å². The second kappa shape index (κ2) is 4.49. The molecule has 0 fully saturated rings. The van der Waals surface area contributed by atoms with E-state index >= 15 is 0 Å². The van der Waals surface area contributed by atoms with Crippen molar-refractivity contribution in [3.8, 4) is 0 Å². The van der Waals surface area contributed by atoms with Crippen molar-refractivity contribution >= 4 is 0 Å². The van der Waals surface area contributed by atoms with Crippen molar-refractivity contribution in [2.75, 3.05) is 0 Å². The average Bonchev–Trinajstić information content (AvgIpc) is 2.78. The van der Waals surface area contributed by atoms with Gasteiger partial charge in [0.25, 0.3) is 0 Å². The van der Waals surface area contributed by atoms with Gasteiger partial charge in [0.05, 0.1) is 6.04 Å². The highest BCUT2D eigenvalue weighted by atomic mass is 19.1. The molecule has 18 heavy (non-hydrogen) atoms. The van der Waals surface area contributed by atoms with E-state index < -0.39 is 6.04 Å². The largest absolute Gasteiger partial charge is 0.318 e. The molecule has 96 valence electrons. The van der Waals surface area contributed by atoms with Crippen LogP contribution in [0.3, 0.4) is 0 Å². The highest BCUT2D eigenvalue weighted by Crippen LogP contribution is 2.21. The van der Waals surface area contributed by atoms with Gasteiger partial charge < -0.3 is 5.73 Å². The zero-order chi connectivity index (χ0) is 13.3. The number of H-pyrrole nitrogens is 1. The summed E-state index contributed by atoms with van der Waals surface area (Å²) >= 11 is 0. The van der Waals surface area contributed by atoms with Crippen molar-refractivity contribution < 1.29 is 4.39 Å². The molecule has 0 aliphatic carbocycles. The van der Waals surface area contributed by atoms with Crippen LogP contribution in [0.1, 0.15) is 44.0 Å². The summed E-state index contributed by atoms with van der Waals surface area (Å²) in [4.78, 5) is 4.39. The van der Waals surface area contributed by atoms with Crippen LogP contribution in [0.5, 0.6) is 0 Å². The molecule has 0 saturated heterocycles. The molecule has 5 heteroatoms. The summed E-state index contributed by atoms with van der Waals surface area (Å²) in [6.07, 6.45) is 0. The first kappa shape index (κ1) is 12.7. The van der Waals surface area contributed by atoms with Crippen LogP contribution in [0.15, 0.2) is 24.3 Å². The number of nitrogens with one attached hydrogen (secondary N) is 1. The SMILES string of the molecule is CC(C)(C)c1n[nH]c([C@@H](N)c2ccc(F)cc2)n1. The quantitative estimate of drug-likeness (QED) is 0.856. The van der Waals surface area contributed by atoms with E-state index in [0.29, 0.717) is 5.82 Å². The number of hydrogen-bond donors (Lipinski definition) is 2. The molecular weight excluding hydrogens is 231 g/mol. The standard InChI is InChI=1S/C13H17FN4/c1-13(2,3)12-16-11(17-18-12)10(15)8-4-6-9(14)7-5-8/h4-7,10H,15H2,1-3H3,(H,16,17,18)/t10-/m0/s1. The summed E-state index contributed by atoms with van der Waals surface area (Å²) < 4.78 is 12.8. The molecule has 1 aromatic heterocycles. The molecule has 4 nitrogen and oxygen atoms in total. The van der Waals surface area contributed by atoms with Gasteiger partial charge in [0.2, 0.25) is 0 Å². The number of aromatic amines is 1. The molecule has 0 spiro atoms. The van der Waals surface area contributed by atoms with Crippen molar-refractivity contribution in [1.82, 2.24) is 15.2 Å². The lowest BCUT2D eigenvalue weighted by molar-refractivity contribution is 0.547. The second-order valence-corrected chi connectivity index (χ2v) is 5.32. The Morgan fingerprint density at radius 1 is 1.22 bits per heavy atom. The lowest BCUT2D eigenvalue weighted by atomic mass is 9.96. The number of hydrogen-bond acceptors (Lipinski definition) is 3. The van der Waals surface area contributed by atoms with Crippen LogP contribution in [-0.4, -0.2) is 15.2 Å². The van der Waals surface area contributed by atoms with Crippen LogP contribution in [0, 0.1) is 5.82 Å². The molecule has 0 radical (unpaired) electrons. The van der Waals surface area contributed by atoms with E-state index in [9.17, 15) is 4.39 Å². The first-order chi connectivity index (χ1) is 8.38. The minimum Gasteiger partial charge on any atom is -0.318 e. The molecule has 1 heterocycles. The van der Waals surface area contributed by atoms with Gasteiger partial charge >= 0.3 is 0 Å². The van der Waals surface area contributed by atoms with E-state index in [4.69, 9.17) is 5.73 Å². The Hall–Kier alpha value is -1.75. The van der Waals surface area contributed by atoms with Crippen LogP contribution in [0.25, 0.3) is 0 Å². The van der Waals surface area contributed by atoms with E-state index in [-0.39, 0.29) is 11.2 Å². The van der Waals surface area contributed by atoms with Crippen LogP contribution in [0.4, 0.5) is 4.39 Å². The summed E-state index contributed by atoms with van der Waals surface area (Å²) in [5, 5.41) is 7.01. The van der Waals surface area contributed by atoms with Gasteiger partial charge in [-0.25, -0.2) is 9.37 Å². The molecule has 0 saturated carbocycles. The maximum Gasteiger partial charge on any atom is 0.156 e. The molecule has 0 bridgehead atoms. The minimum absolute atomic E-state index is 0.128. The number of aromatic nitrogens is 3. The Kier molecular flexibility index (Phi) is 3.17.